The SMILES string of the molecule is C[C@@H](NC(=O)c1csc(C(=O)NC2CC2)n1)c1ccccc1. The molecule has 5 nitrogen and oxygen atoms in total. The third-order valence-corrected chi connectivity index (χ3v) is 4.33. The smallest absolute Gasteiger partial charge is 0.280 e. The fourth-order valence-electron chi connectivity index (χ4n) is 2.05. The van der Waals surface area contributed by atoms with E-state index in [0.29, 0.717) is 5.01 Å². The summed E-state index contributed by atoms with van der Waals surface area (Å²) in [6, 6.07) is 9.89. The monoisotopic (exact) mass is 315 g/mol. The van der Waals surface area contributed by atoms with Crippen LogP contribution in [0.4, 0.5) is 0 Å². The average molecular weight is 315 g/mol. The van der Waals surface area contributed by atoms with Crippen LogP contribution in [0.5, 0.6) is 0 Å². The lowest BCUT2D eigenvalue weighted by Crippen LogP contribution is -2.28. The number of thiazole rings is 1. The van der Waals surface area contributed by atoms with Crippen molar-refractivity contribution in [2.45, 2.75) is 31.8 Å². The number of carbonyl (C=O) groups is 2. The van der Waals surface area contributed by atoms with E-state index in [9.17, 15) is 9.59 Å². The van der Waals surface area contributed by atoms with Gasteiger partial charge < -0.3 is 10.6 Å². The predicted octanol–water partition coefficient (Wildman–Crippen LogP) is 2.53. The molecule has 0 saturated heterocycles. The van der Waals surface area contributed by atoms with Gasteiger partial charge in [0.2, 0.25) is 0 Å². The lowest BCUT2D eigenvalue weighted by atomic mass is 10.1. The zero-order chi connectivity index (χ0) is 15.5. The van der Waals surface area contributed by atoms with Crippen LogP contribution in [0.2, 0.25) is 0 Å². The van der Waals surface area contributed by atoms with Crippen LogP contribution < -0.4 is 10.6 Å². The second-order valence-electron chi connectivity index (χ2n) is 5.39. The largest absolute Gasteiger partial charge is 0.347 e. The van der Waals surface area contributed by atoms with E-state index in [1.54, 1.807) is 5.38 Å². The maximum atomic E-state index is 12.2. The Balaban J connectivity index is 1.62. The van der Waals surface area contributed by atoms with E-state index in [1.165, 1.54) is 11.3 Å². The maximum absolute atomic E-state index is 12.2. The number of hydrogen-bond donors (Lipinski definition) is 2. The first-order valence-electron chi connectivity index (χ1n) is 7.25. The molecule has 1 aliphatic carbocycles. The number of rotatable bonds is 5. The van der Waals surface area contributed by atoms with Crippen molar-refractivity contribution < 1.29 is 9.59 Å². The van der Waals surface area contributed by atoms with Crippen LogP contribution in [-0.4, -0.2) is 22.8 Å². The van der Waals surface area contributed by atoms with Crippen LogP contribution in [0.3, 0.4) is 0 Å². The van der Waals surface area contributed by atoms with Crippen LogP contribution in [0.1, 0.15) is 51.7 Å². The molecule has 1 heterocycles. The van der Waals surface area contributed by atoms with Crippen molar-refractivity contribution in [3.05, 3.63) is 52.0 Å². The lowest BCUT2D eigenvalue weighted by Gasteiger charge is -2.13. The first-order chi connectivity index (χ1) is 10.6. The summed E-state index contributed by atoms with van der Waals surface area (Å²) in [5.41, 5.74) is 1.31. The molecule has 0 bridgehead atoms. The lowest BCUT2D eigenvalue weighted by molar-refractivity contribution is 0.0935. The fraction of sp³-hybridized carbons (Fsp3) is 0.312. The number of amides is 2. The van der Waals surface area contributed by atoms with E-state index in [1.807, 2.05) is 37.3 Å². The van der Waals surface area contributed by atoms with Gasteiger partial charge in [-0.1, -0.05) is 30.3 Å². The minimum absolute atomic E-state index is 0.112. The molecule has 1 atom stereocenters. The molecule has 1 fully saturated rings. The molecule has 0 aliphatic heterocycles. The van der Waals surface area contributed by atoms with Gasteiger partial charge in [-0.2, -0.15) is 0 Å². The topological polar surface area (TPSA) is 71.1 Å². The highest BCUT2D eigenvalue weighted by Gasteiger charge is 2.25. The molecule has 114 valence electrons. The quantitative estimate of drug-likeness (QED) is 0.890. The second-order valence-corrected chi connectivity index (χ2v) is 6.25. The minimum Gasteiger partial charge on any atom is -0.347 e. The van der Waals surface area contributed by atoms with Gasteiger partial charge in [0.05, 0.1) is 6.04 Å². The predicted molar refractivity (Wildman–Crippen MR) is 84.9 cm³/mol. The van der Waals surface area contributed by atoms with Crippen molar-refractivity contribution in [1.29, 1.82) is 0 Å². The van der Waals surface area contributed by atoms with Crippen molar-refractivity contribution in [1.82, 2.24) is 15.6 Å². The molecular weight excluding hydrogens is 298 g/mol. The van der Waals surface area contributed by atoms with E-state index in [-0.39, 0.29) is 29.6 Å². The summed E-state index contributed by atoms with van der Waals surface area (Å²) in [5.74, 6) is -0.458. The van der Waals surface area contributed by atoms with Crippen molar-refractivity contribution >= 4 is 23.2 Å². The van der Waals surface area contributed by atoms with Crippen molar-refractivity contribution in [3.8, 4) is 0 Å². The second kappa shape index (κ2) is 6.27. The van der Waals surface area contributed by atoms with Gasteiger partial charge in [0, 0.05) is 11.4 Å². The third kappa shape index (κ3) is 3.51. The van der Waals surface area contributed by atoms with Crippen molar-refractivity contribution in [3.63, 3.8) is 0 Å². The summed E-state index contributed by atoms with van der Waals surface area (Å²) in [6.07, 6.45) is 2.05. The molecule has 2 aromatic rings. The molecule has 3 rings (SSSR count). The van der Waals surface area contributed by atoms with E-state index in [2.05, 4.69) is 15.6 Å². The number of nitrogens with zero attached hydrogens (tertiary/aromatic N) is 1. The molecular formula is C16H17N3O2S. The molecule has 22 heavy (non-hydrogen) atoms. The van der Waals surface area contributed by atoms with E-state index in [4.69, 9.17) is 0 Å². The van der Waals surface area contributed by atoms with Crippen LogP contribution in [0.25, 0.3) is 0 Å². The van der Waals surface area contributed by atoms with Gasteiger partial charge in [-0.05, 0) is 25.3 Å². The van der Waals surface area contributed by atoms with Crippen LogP contribution in [0, 0.1) is 0 Å². The Morgan fingerprint density at radius 3 is 2.64 bits per heavy atom. The van der Waals surface area contributed by atoms with Gasteiger partial charge in [-0.3, -0.25) is 9.59 Å². The normalized spacial score (nSPS) is 15.1. The first kappa shape index (κ1) is 14.7. The van der Waals surface area contributed by atoms with Gasteiger partial charge in [0.15, 0.2) is 5.01 Å². The molecule has 1 aliphatic rings. The Labute approximate surface area is 132 Å². The molecule has 1 aromatic heterocycles. The third-order valence-electron chi connectivity index (χ3n) is 3.49. The Kier molecular flexibility index (Phi) is 4.20. The fourth-order valence-corrected chi connectivity index (χ4v) is 2.75. The maximum Gasteiger partial charge on any atom is 0.280 e. The highest BCUT2D eigenvalue weighted by atomic mass is 32.1. The van der Waals surface area contributed by atoms with Gasteiger partial charge in [0.25, 0.3) is 11.8 Å². The molecule has 6 heteroatoms. The molecule has 0 radical (unpaired) electrons. The van der Waals surface area contributed by atoms with Crippen LogP contribution in [-0.2, 0) is 0 Å². The van der Waals surface area contributed by atoms with Gasteiger partial charge >= 0.3 is 0 Å². The molecule has 2 amide bonds. The summed E-state index contributed by atoms with van der Waals surface area (Å²) >= 11 is 1.19. The Hall–Kier alpha value is -2.21. The van der Waals surface area contributed by atoms with Gasteiger partial charge in [-0.25, -0.2) is 4.98 Å². The summed E-state index contributed by atoms with van der Waals surface area (Å²) in [4.78, 5) is 28.2. The van der Waals surface area contributed by atoms with Crippen LogP contribution >= 0.6 is 11.3 Å². The zero-order valence-electron chi connectivity index (χ0n) is 12.2. The van der Waals surface area contributed by atoms with Crippen LogP contribution in [0.15, 0.2) is 35.7 Å². The highest BCUT2D eigenvalue weighted by Crippen LogP contribution is 2.20. The van der Waals surface area contributed by atoms with Crippen molar-refractivity contribution in [2.75, 3.05) is 0 Å². The van der Waals surface area contributed by atoms with E-state index in [0.717, 1.165) is 18.4 Å². The molecule has 0 spiro atoms. The zero-order valence-corrected chi connectivity index (χ0v) is 13.0. The number of aromatic nitrogens is 1. The molecule has 2 N–H and O–H groups in total. The average Bonchev–Trinajstić information content (AvgIpc) is 3.19. The minimum atomic E-state index is -0.266. The molecule has 1 saturated carbocycles. The Bertz CT molecular complexity index is 680. The summed E-state index contributed by atoms with van der Waals surface area (Å²) < 4.78 is 0. The van der Waals surface area contributed by atoms with E-state index >= 15 is 0 Å². The number of hydrogen-bond acceptors (Lipinski definition) is 4. The van der Waals surface area contributed by atoms with Gasteiger partial charge in [0.1, 0.15) is 5.69 Å². The Morgan fingerprint density at radius 2 is 1.95 bits per heavy atom. The standard InChI is InChI=1S/C16H17N3O2S/c1-10(11-5-3-2-4-6-11)17-14(20)13-9-22-16(19-13)15(21)18-12-7-8-12/h2-6,9-10,12H,7-8H2,1H3,(H,17,20)(H,18,21)/t10-/m1/s1. The highest BCUT2D eigenvalue weighted by molar-refractivity contribution is 7.11. The molecule has 1 aromatic carbocycles. The molecule has 0 unspecified atom stereocenters. The summed E-state index contributed by atoms with van der Waals surface area (Å²) in [7, 11) is 0. The van der Waals surface area contributed by atoms with E-state index < -0.39 is 0 Å². The number of nitrogens with one attached hydrogen (secondary N) is 2. The van der Waals surface area contributed by atoms with Gasteiger partial charge in [-0.15, -0.1) is 11.3 Å². The number of benzene rings is 1. The summed E-state index contributed by atoms with van der Waals surface area (Å²) in [5, 5.41) is 7.71. The Morgan fingerprint density at radius 1 is 1.23 bits per heavy atom. The number of carbonyl (C=O) groups excluding carboxylic acids is 2. The van der Waals surface area contributed by atoms with Crippen molar-refractivity contribution in [2.24, 2.45) is 0 Å². The first-order valence-corrected chi connectivity index (χ1v) is 8.13. The summed E-state index contributed by atoms with van der Waals surface area (Å²) in [6.45, 7) is 1.92.